The van der Waals surface area contributed by atoms with Gasteiger partial charge in [-0.15, -0.1) is 0 Å². The van der Waals surface area contributed by atoms with Crippen molar-refractivity contribution in [3.05, 3.63) is 59.7 Å². The molecule has 29 heavy (non-hydrogen) atoms. The minimum Gasteiger partial charge on any atom is -0.481 e. The van der Waals surface area contributed by atoms with Gasteiger partial charge in [0.05, 0.1) is 6.04 Å². The summed E-state index contributed by atoms with van der Waals surface area (Å²) in [6.07, 6.45) is 2.71. The molecule has 1 fully saturated rings. The van der Waals surface area contributed by atoms with Crippen LogP contribution in [0.1, 0.15) is 57.2 Å². The lowest BCUT2D eigenvalue weighted by molar-refractivity contribution is -0.128. The number of rotatable bonds is 7. The van der Waals surface area contributed by atoms with Gasteiger partial charge in [0, 0.05) is 18.8 Å². The maximum absolute atomic E-state index is 12.8. The van der Waals surface area contributed by atoms with Gasteiger partial charge in [0.1, 0.15) is 5.75 Å². The minimum absolute atomic E-state index is 0.0630. The first-order valence-electron chi connectivity index (χ1n) is 10.8. The van der Waals surface area contributed by atoms with Crippen LogP contribution in [0.25, 0.3) is 0 Å². The first-order chi connectivity index (χ1) is 14.0. The molecule has 0 unspecified atom stereocenters. The number of piperidine rings is 1. The molecule has 2 aromatic rings. The van der Waals surface area contributed by atoms with Gasteiger partial charge in [-0.3, -0.25) is 4.79 Å². The predicted octanol–water partition coefficient (Wildman–Crippen LogP) is 5.27. The molecule has 3 rings (SSSR count). The van der Waals surface area contributed by atoms with Crippen LogP contribution in [0.2, 0.25) is 0 Å². The molecule has 2 aromatic carbocycles. The molecule has 1 aliphatic rings. The van der Waals surface area contributed by atoms with Gasteiger partial charge in [-0.1, -0.05) is 38.1 Å². The summed E-state index contributed by atoms with van der Waals surface area (Å²) in [6.45, 7) is 10.6. The van der Waals surface area contributed by atoms with Gasteiger partial charge in [0.25, 0.3) is 5.91 Å². The smallest absolute Gasteiger partial charge is 0.261 e. The summed E-state index contributed by atoms with van der Waals surface area (Å²) in [5.41, 5.74) is 3.50. The second kappa shape index (κ2) is 9.82. The quantitative estimate of drug-likeness (QED) is 0.696. The van der Waals surface area contributed by atoms with E-state index in [0.29, 0.717) is 6.42 Å². The number of anilines is 1. The SMILES string of the molecule is CC[C@H](Oc1cccc(C)c1)C(=O)N[C@H](C)c1ccc(N2CCC[C@@H](C)C2)cc1. The van der Waals surface area contributed by atoms with Crippen LogP contribution >= 0.6 is 0 Å². The predicted molar refractivity (Wildman–Crippen MR) is 119 cm³/mol. The summed E-state index contributed by atoms with van der Waals surface area (Å²) in [6, 6.07) is 16.4. The summed E-state index contributed by atoms with van der Waals surface area (Å²) >= 11 is 0. The zero-order valence-electron chi connectivity index (χ0n) is 18.2. The van der Waals surface area contributed by atoms with Gasteiger partial charge in [-0.25, -0.2) is 0 Å². The summed E-state index contributed by atoms with van der Waals surface area (Å²) in [7, 11) is 0. The summed E-state index contributed by atoms with van der Waals surface area (Å²) in [5, 5.41) is 3.11. The molecule has 0 saturated carbocycles. The third-order valence-corrected chi connectivity index (χ3v) is 5.71. The van der Waals surface area contributed by atoms with Crippen molar-refractivity contribution in [1.82, 2.24) is 5.32 Å². The Kier molecular flexibility index (Phi) is 7.18. The van der Waals surface area contributed by atoms with E-state index in [9.17, 15) is 4.79 Å². The van der Waals surface area contributed by atoms with E-state index >= 15 is 0 Å². The Balaban J connectivity index is 1.59. The average Bonchev–Trinajstić information content (AvgIpc) is 2.72. The van der Waals surface area contributed by atoms with Crippen molar-refractivity contribution in [3.63, 3.8) is 0 Å². The molecule has 1 saturated heterocycles. The molecule has 1 aliphatic heterocycles. The Bertz CT molecular complexity index is 803. The molecular formula is C25H34N2O2. The van der Waals surface area contributed by atoms with Crippen LogP contribution in [0.3, 0.4) is 0 Å². The average molecular weight is 395 g/mol. The van der Waals surface area contributed by atoms with Gasteiger partial charge < -0.3 is 15.0 Å². The Morgan fingerprint density at radius 1 is 1.24 bits per heavy atom. The molecule has 0 radical (unpaired) electrons. The van der Waals surface area contributed by atoms with Crippen molar-refractivity contribution in [1.29, 1.82) is 0 Å². The van der Waals surface area contributed by atoms with E-state index in [0.717, 1.165) is 35.9 Å². The third kappa shape index (κ3) is 5.75. The molecule has 4 nitrogen and oxygen atoms in total. The Labute approximate surface area is 175 Å². The fourth-order valence-electron chi connectivity index (χ4n) is 3.96. The van der Waals surface area contributed by atoms with Crippen molar-refractivity contribution in [2.24, 2.45) is 5.92 Å². The standard InChI is InChI=1S/C25H34N2O2/c1-5-24(29-23-10-6-8-18(2)16-23)25(28)26-20(4)21-11-13-22(14-12-21)27-15-7-9-19(3)17-27/h6,8,10-14,16,19-20,24H,5,7,9,15,17H2,1-4H3,(H,26,28)/t19-,20-,24+/m1/s1. The van der Waals surface area contributed by atoms with Gasteiger partial charge in [0.15, 0.2) is 6.10 Å². The van der Waals surface area contributed by atoms with Crippen molar-refractivity contribution in [2.75, 3.05) is 18.0 Å². The number of carbonyl (C=O) groups is 1. The molecule has 0 spiro atoms. The summed E-state index contributed by atoms with van der Waals surface area (Å²) in [4.78, 5) is 15.2. The maximum Gasteiger partial charge on any atom is 0.261 e. The summed E-state index contributed by atoms with van der Waals surface area (Å²) in [5.74, 6) is 1.41. The normalized spacial score (nSPS) is 18.8. The van der Waals surface area contributed by atoms with Crippen LogP contribution in [-0.2, 0) is 4.79 Å². The van der Waals surface area contributed by atoms with Crippen molar-refractivity contribution in [3.8, 4) is 5.75 Å². The number of carbonyl (C=O) groups excluding carboxylic acids is 1. The molecule has 4 heteroatoms. The number of hydrogen-bond donors (Lipinski definition) is 1. The molecule has 1 N–H and O–H groups in total. The highest BCUT2D eigenvalue weighted by Gasteiger charge is 2.21. The topological polar surface area (TPSA) is 41.6 Å². The molecule has 1 heterocycles. The van der Waals surface area contributed by atoms with E-state index in [-0.39, 0.29) is 11.9 Å². The van der Waals surface area contributed by atoms with Crippen LogP contribution in [0.4, 0.5) is 5.69 Å². The third-order valence-electron chi connectivity index (χ3n) is 5.71. The largest absolute Gasteiger partial charge is 0.481 e. The molecule has 0 bridgehead atoms. The van der Waals surface area contributed by atoms with Gasteiger partial charge in [0.2, 0.25) is 0 Å². The molecule has 0 aliphatic carbocycles. The second-order valence-corrected chi connectivity index (χ2v) is 8.35. The molecule has 3 atom stereocenters. The number of benzene rings is 2. The Morgan fingerprint density at radius 3 is 2.66 bits per heavy atom. The van der Waals surface area contributed by atoms with Gasteiger partial charge >= 0.3 is 0 Å². The lowest BCUT2D eigenvalue weighted by Gasteiger charge is -2.33. The van der Waals surface area contributed by atoms with Gasteiger partial charge in [-0.2, -0.15) is 0 Å². The highest BCUT2D eigenvalue weighted by molar-refractivity contribution is 5.81. The van der Waals surface area contributed by atoms with E-state index in [1.165, 1.54) is 18.5 Å². The van der Waals surface area contributed by atoms with E-state index in [2.05, 4.69) is 41.4 Å². The maximum atomic E-state index is 12.8. The van der Waals surface area contributed by atoms with Crippen molar-refractivity contribution in [2.45, 2.75) is 59.1 Å². The Hall–Kier alpha value is -2.49. The highest BCUT2D eigenvalue weighted by Crippen LogP contribution is 2.25. The van der Waals surface area contributed by atoms with E-state index in [1.54, 1.807) is 0 Å². The Morgan fingerprint density at radius 2 is 2.00 bits per heavy atom. The summed E-state index contributed by atoms with van der Waals surface area (Å²) < 4.78 is 5.93. The monoisotopic (exact) mass is 394 g/mol. The number of aryl methyl sites for hydroxylation is 1. The molecular weight excluding hydrogens is 360 g/mol. The first kappa shape index (κ1) is 21.2. The number of amides is 1. The van der Waals surface area contributed by atoms with E-state index in [1.807, 2.05) is 45.0 Å². The highest BCUT2D eigenvalue weighted by atomic mass is 16.5. The van der Waals surface area contributed by atoms with Crippen LogP contribution < -0.4 is 15.0 Å². The number of nitrogens with one attached hydrogen (secondary N) is 1. The van der Waals surface area contributed by atoms with Crippen molar-refractivity contribution >= 4 is 11.6 Å². The van der Waals surface area contributed by atoms with Crippen LogP contribution in [0.5, 0.6) is 5.75 Å². The zero-order valence-corrected chi connectivity index (χ0v) is 18.2. The first-order valence-corrected chi connectivity index (χ1v) is 10.8. The molecule has 156 valence electrons. The lowest BCUT2D eigenvalue weighted by Crippen LogP contribution is -2.39. The fraction of sp³-hybridized carbons (Fsp3) is 0.480. The van der Waals surface area contributed by atoms with E-state index in [4.69, 9.17) is 4.74 Å². The number of ether oxygens (including phenoxy) is 1. The van der Waals surface area contributed by atoms with Crippen molar-refractivity contribution < 1.29 is 9.53 Å². The van der Waals surface area contributed by atoms with E-state index < -0.39 is 6.10 Å². The van der Waals surface area contributed by atoms with Gasteiger partial charge in [-0.05, 0) is 74.4 Å². The molecule has 1 amide bonds. The molecule has 0 aromatic heterocycles. The lowest BCUT2D eigenvalue weighted by atomic mass is 9.99. The fourth-order valence-corrected chi connectivity index (χ4v) is 3.96. The second-order valence-electron chi connectivity index (χ2n) is 8.35. The van der Waals surface area contributed by atoms with Crippen LogP contribution in [0, 0.1) is 12.8 Å². The zero-order chi connectivity index (χ0) is 20.8. The minimum atomic E-state index is -0.492. The van der Waals surface area contributed by atoms with Crippen LogP contribution in [-0.4, -0.2) is 25.1 Å². The number of nitrogens with zero attached hydrogens (tertiary/aromatic N) is 1. The number of hydrogen-bond acceptors (Lipinski definition) is 3. The van der Waals surface area contributed by atoms with Crippen LogP contribution in [0.15, 0.2) is 48.5 Å².